The van der Waals surface area contributed by atoms with E-state index in [1.54, 1.807) is 0 Å². The van der Waals surface area contributed by atoms with Crippen LogP contribution in [0.15, 0.2) is 18.5 Å². The van der Waals surface area contributed by atoms with Gasteiger partial charge in [0, 0.05) is 18.4 Å². The normalized spacial score (nSPS) is 12.6. The molecule has 1 aromatic heterocycles. The van der Waals surface area contributed by atoms with E-state index in [0.29, 0.717) is 0 Å². The lowest BCUT2D eigenvalue weighted by atomic mass is 9.96. The van der Waals surface area contributed by atoms with Crippen LogP contribution in [-0.4, -0.2) is 4.98 Å². The van der Waals surface area contributed by atoms with E-state index in [-0.39, 0.29) is 6.04 Å². The van der Waals surface area contributed by atoms with Gasteiger partial charge < -0.3 is 0 Å². The third-order valence-electron chi connectivity index (χ3n) is 3.50. The molecular formula is C15H27N3. The second-order valence-corrected chi connectivity index (χ2v) is 4.85. The Bertz CT molecular complexity index is 325. The molecule has 102 valence electrons. The summed E-state index contributed by atoms with van der Waals surface area (Å²) >= 11 is 0. The van der Waals surface area contributed by atoms with Gasteiger partial charge in [0.15, 0.2) is 0 Å². The number of nitrogens with one attached hydrogen (secondary N) is 1. The van der Waals surface area contributed by atoms with Crippen LogP contribution in [0.25, 0.3) is 0 Å². The molecule has 0 radical (unpaired) electrons. The van der Waals surface area contributed by atoms with Crippen LogP contribution in [0.1, 0.15) is 69.5 Å². The second-order valence-electron chi connectivity index (χ2n) is 4.85. The lowest BCUT2D eigenvalue weighted by molar-refractivity contribution is 0.476. The van der Waals surface area contributed by atoms with Gasteiger partial charge in [-0.05, 0) is 30.0 Å². The zero-order valence-corrected chi connectivity index (χ0v) is 11.8. The van der Waals surface area contributed by atoms with Crippen LogP contribution in [0.3, 0.4) is 0 Å². The Balaban J connectivity index is 2.49. The predicted octanol–water partition coefficient (Wildman–Crippen LogP) is 3.51. The Hall–Kier alpha value is -0.930. The fourth-order valence-corrected chi connectivity index (χ4v) is 2.35. The number of aromatic nitrogens is 1. The Morgan fingerprint density at radius 3 is 2.67 bits per heavy atom. The number of rotatable bonds is 9. The molecule has 1 unspecified atom stereocenters. The van der Waals surface area contributed by atoms with Crippen molar-refractivity contribution in [2.75, 3.05) is 0 Å². The minimum absolute atomic E-state index is 0.268. The fraction of sp³-hybridized carbons (Fsp3) is 0.667. The third kappa shape index (κ3) is 4.75. The highest BCUT2D eigenvalue weighted by molar-refractivity contribution is 5.26. The van der Waals surface area contributed by atoms with Crippen LogP contribution in [0.4, 0.5) is 0 Å². The molecule has 3 nitrogen and oxygen atoms in total. The zero-order valence-electron chi connectivity index (χ0n) is 11.8. The molecule has 0 bridgehead atoms. The highest BCUT2D eigenvalue weighted by atomic mass is 15.2. The van der Waals surface area contributed by atoms with Gasteiger partial charge in [0.1, 0.15) is 0 Å². The van der Waals surface area contributed by atoms with Gasteiger partial charge >= 0.3 is 0 Å². The quantitative estimate of drug-likeness (QED) is 0.400. The molecule has 0 saturated heterocycles. The van der Waals surface area contributed by atoms with Crippen molar-refractivity contribution in [2.24, 2.45) is 5.84 Å². The van der Waals surface area contributed by atoms with Gasteiger partial charge in [0.2, 0.25) is 0 Å². The molecule has 1 heterocycles. The van der Waals surface area contributed by atoms with Crippen molar-refractivity contribution in [1.29, 1.82) is 0 Å². The van der Waals surface area contributed by atoms with Crippen molar-refractivity contribution in [3.8, 4) is 0 Å². The van der Waals surface area contributed by atoms with Gasteiger partial charge in [-0.15, -0.1) is 0 Å². The summed E-state index contributed by atoms with van der Waals surface area (Å²) in [7, 11) is 0. The Labute approximate surface area is 111 Å². The summed E-state index contributed by atoms with van der Waals surface area (Å²) in [6, 6.07) is 2.36. The maximum absolute atomic E-state index is 5.70. The number of nitrogens with two attached hydrogens (primary N) is 1. The Morgan fingerprint density at radius 2 is 2.00 bits per heavy atom. The summed E-state index contributed by atoms with van der Waals surface area (Å²) in [5.74, 6) is 5.70. The molecule has 0 saturated carbocycles. The summed E-state index contributed by atoms with van der Waals surface area (Å²) in [4.78, 5) is 4.19. The van der Waals surface area contributed by atoms with Gasteiger partial charge in [-0.2, -0.15) is 0 Å². The van der Waals surface area contributed by atoms with Gasteiger partial charge in [-0.25, -0.2) is 0 Å². The second kappa shape index (κ2) is 9.06. The summed E-state index contributed by atoms with van der Waals surface area (Å²) in [6.07, 6.45) is 12.4. The largest absolute Gasteiger partial charge is 0.271 e. The smallest absolute Gasteiger partial charge is 0.0463 e. The maximum Gasteiger partial charge on any atom is 0.0463 e. The average molecular weight is 249 g/mol. The number of aryl methyl sites for hydroxylation is 1. The van der Waals surface area contributed by atoms with Gasteiger partial charge in [-0.1, -0.05) is 46.0 Å². The van der Waals surface area contributed by atoms with Crippen LogP contribution in [0.5, 0.6) is 0 Å². The number of unbranched alkanes of at least 4 members (excludes halogenated alkanes) is 4. The van der Waals surface area contributed by atoms with E-state index < -0.39 is 0 Å². The molecule has 0 amide bonds. The van der Waals surface area contributed by atoms with Crippen molar-refractivity contribution in [2.45, 2.75) is 64.8 Å². The third-order valence-corrected chi connectivity index (χ3v) is 3.50. The first-order chi connectivity index (χ1) is 8.83. The van der Waals surface area contributed by atoms with Crippen LogP contribution in [0, 0.1) is 0 Å². The molecule has 0 aliphatic carbocycles. The average Bonchev–Trinajstić information content (AvgIpc) is 2.43. The Kier molecular flexibility index (Phi) is 7.62. The Morgan fingerprint density at radius 1 is 1.22 bits per heavy atom. The molecule has 0 spiro atoms. The number of nitrogens with zero attached hydrogens (tertiary/aromatic N) is 1. The van der Waals surface area contributed by atoms with Gasteiger partial charge in [-0.3, -0.25) is 16.3 Å². The minimum atomic E-state index is 0.268. The van der Waals surface area contributed by atoms with E-state index in [9.17, 15) is 0 Å². The molecule has 3 N–H and O–H groups in total. The highest BCUT2D eigenvalue weighted by Crippen LogP contribution is 2.22. The number of hydrogen-bond acceptors (Lipinski definition) is 3. The zero-order chi connectivity index (χ0) is 13.2. The van der Waals surface area contributed by atoms with E-state index in [1.165, 1.54) is 43.2 Å². The predicted molar refractivity (Wildman–Crippen MR) is 77.1 cm³/mol. The first-order valence-corrected chi connectivity index (χ1v) is 7.22. The monoisotopic (exact) mass is 249 g/mol. The summed E-state index contributed by atoms with van der Waals surface area (Å²) in [5.41, 5.74) is 5.57. The molecule has 0 aliphatic heterocycles. The molecule has 18 heavy (non-hydrogen) atoms. The van der Waals surface area contributed by atoms with Crippen molar-refractivity contribution >= 4 is 0 Å². The van der Waals surface area contributed by atoms with Crippen molar-refractivity contribution < 1.29 is 0 Å². The van der Waals surface area contributed by atoms with Crippen molar-refractivity contribution in [3.05, 3.63) is 29.6 Å². The van der Waals surface area contributed by atoms with Crippen molar-refractivity contribution in [3.63, 3.8) is 0 Å². The molecular weight excluding hydrogens is 222 g/mol. The highest BCUT2D eigenvalue weighted by Gasteiger charge is 2.12. The molecule has 1 atom stereocenters. The lowest BCUT2D eigenvalue weighted by Crippen LogP contribution is -2.28. The number of hydrazine groups is 1. The van der Waals surface area contributed by atoms with Gasteiger partial charge in [0.25, 0.3) is 0 Å². The van der Waals surface area contributed by atoms with Crippen LogP contribution in [0.2, 0.25) is 0 Å². The molecule has 0 aliphatic rings. The first-order valence-electron chi connectivity index (χ1n) is 7.22. The minimum Gasteiger partial charge on any atom is -0.271 e. The number of hydrogen-bond donors (Lipinski definition) is 2. The summed E-state index contributed by atoms with van der Waals surface area (Å²) < 4.78 is 0. The van der Waals surface area contributed by atoms with Crippen LogP contribution >= 0.6 is 0 Å². The molecule has 0 aromatic carbocycles. The van der Waals surface area contributed by atoms with Crippen LogP contribution in [-0.2, 0) is 6.42 Å². The van der Waals surface area contributed by atoms with E-state index in [2.05, 4.69) is 30.3 Å². The topological polar surface area (TPSA) is 50.9 Å². The molecule has 0 fully saturated rings. The van der Waals surface area contributed by atoms with E-state index in [4.69, 9.17) is 5.84 Å². The van der Waals surface area contributed by atoms with E-state index in [0.717, 1.165) is 12.8 Å². The standard InChI is InChI=1S/C15H27N3/c1-3-5-6-7-8-9-15(18-16)14-10-11-17-12-13(14)4-2/h10-12,15,18H,3-9,16H2,1-2H3. The summed E-state index contributed by atoms with van der Waals surface area (Å²) in [6.45, 7) is 4.41. The van der Waals surface area contributed by atoms with Crippen molar-refractivity contribution in [1.82, 2.24) is 10.4 Å². The fourth-order valence-electron chi connectivity index (χ4n) is 2.35. The SMILES string of the molecule is CCCCCCCC(NN)c1ccncc1CC. The van der Waals surface area contributed by atoms with Crippen LogP contribution < -0.4 is 11.3 Å². The first kappa shape index (κ1) is 15.1. The van der Waals surface area contributed by atoms with E-state index >= 15 is 0 Å². The van der Waals surface area contributed by atoms with E-state index in [1.807, 2.05) is 12.4 Å². The number of pyridine rings is 1. The van der Waals surface area contributed by atoms with Gasteiger partial charge in [0.05, 0.1) is 0 Å². The maximum atomic E-state index is 5.70. The lowest BCUT2D eigenvalue weighted by Gasteiger charge is -2.19. The summed E-state index contributed by atoms with van der Waals surface area (Å²) in [5, 5.41) is 0. The molecule has 1 rings (SSSR count). The molecule has 1 aromatic rings. The molecule has 3 heteroatoms.